The summed E-state index contributed by atoms with van der Waals surface area (Å²) in [6.07, 6.45) is 1.65. The number of thiocarbonyl (C=S) groups is 1. The summed E-state index contributed by atoms with van der Waals surface area (Å²) in [6, 6.07) is 36.3. The number of anilines is 2. The van der Waals surface area contributed by atoms with Crippen molar-refractivity contribution in [1.82, 2.24) is 0 Å². The van der Waals surface area contributed by atoms with Crippen LogP contribution in [0.5, 0.6) is 5.75 Å². The molecule has 0 saturated carbocycles. The van der Waals surface area contributed by atoms with E-state index in [2.05, 4.69) is 26.0 Å². The second kappa shape index (κ2) is 11.4. The van der Waals surface area contributed by atoms with Crippen molar-refractivity contribution >= 4 is 57.4 Å². The van der Waals surface area contributed by atoms with E-state index in [9.17, 15) is 9.59 Å². The molecule has 6 rings (SSSR count). The van der Waals surface area contributed by atoms with Crippen LogP contribution in [0.25, 0.3) is 16.8 Å². The van der Waals surface area contributed by atoms with E-state index in [0.29, 0.717) is 29.3 Å². The van der Waals surface area contributed by atoms with E-state index in [1.54, 1.807) is 30.3 Å². The molecule has 0 radical (unpaired) electrons. The van der Waals surface area contributed by atoms with Crippen LogP contribution < -0.4 is 14.5 Å². The van der Waals surface area contributed by atoms with Gasteiger partial charge in [0.2, 0.25) is 0 Å². The third-order valence-corrected chi connectivity index (χ3v) is 7.83. The van der Waals surface area contributed by atoms with Crippen LogP contribution in [0.15, 0.2) is 121 Å². The highest BCUT2D eigenvalue weighted by molar-refractivity contribution is 7.81. The van der Waals surface area contributed by atoms with Crippen molar-refractivity contribution in [1.29, 1.82) is 0 Å². The molecule has 0 atom stereocenters. The summed E-state index contributed by atoms with van der Waals surface area (Å²) in [7, 11) is 0. The van der Waals surface area contributed by atoms with Crippen LogP contribution in [0.1, 0.15) is 22.3 Å². The van der Waals surface area contributed by atoms with E-state index in [1.807, 2.05) is 78.9 Å². The molecule has 5 aromatic carbocycles. The van der Waals surface area contributed by atoms with Crippen molar-refractivity contribution in [3.63, 3.8) is 0 Å². The zero-order valence-electron chi connectivity index (χ0n) is 23.3. The van der Waals surface area contributed by atoms with Crippen LogP contribution in [0.4, 0.5) is 11.4 Å². The minimum Gasteiger partial charge on any atom is -0.488 e. The smallest absolute Gasteiger partial charge is 0.270 e. The van der Waals surface area contributed by atoms with Gasteiger partial charge in [0, 0.05) is 5.56 Å². The number of aryl methyl sites for hydroxylation is 2. The zero-order valence-corrected chi connectivity index (χ0v) is 24.1. The number of carbonyl (C=O) groups excluding carboxylic acids is 2. The molecule has 0 aliphatic carbocycles. The quantitative estimate of drug-likeness (QED) is 0.119. The van der Waals surface area contributed by atoms with Crippen molar-refractivity contribution in [3.05, 3.63) is 143 Å². The number of fused-ring (bicyclic) bond motifs is 1. The number of amides is 2. The summed E-state index contributed by atoms with van der Waals surface area (Å²) < 4.78 is 6.36. The van der Waals surface area contributed by atoms with Crippen LogP contribution in [0, 0.1) is 13.8 Å². The van der Waals surface area contributed by atoms with Crippen molar-refractivity contribution in [3.8, 4) is 5.75 Å². The second-order valence-corrected chi connectivity index (χ2v) is 10.6. The Labute approximate surface area is 250 Å². The van der Waals surface area contributed by atoms with E-state index >= 15 is 0 Å². The van der Waals surface area contributed by atoms with Gasteiger partial charge in [-0.3, -0.25) is 19.4 Å². The molecule has 5 aromatic rings. The van der Waals surface area contributed by atoms with Crippen LogP contribution in [0.2, 0.25) is 0 Å². The summed E-state index contributed by atoms with van der Waals surface area (Å²) in [5.74, 6) is -0.404. The normalized spacial score (nSPS) is 13.6. The van der Waals surface area contributed by atoms with Crippen LogP contribution >= 0.6 is 12.2 Å². The number of nitrogens with zero attached hydrogens (tertiary/aromatic N) is 2. The summed E-state index contributed by atoms with van der Waals surface area (Å²) >= 11 is 5.76. The Morgan fingerprint density at radius 2 is 1.29 bits per heavy atom. The largest absolute Gasteiger partial charge is 0.488 e. The molecule has 1 heterocycles. The second-order valence-electron chi connectivity index (χ2n) is 10.2. The maximum atomic E-state index is 14.1. The van der Waals surface area contributed by atoms with E-state index in [1.165, 1.54) is 20.9 Å². The number of ether oxygens (including phenoxy) is 1. The Morgan fingerprint density at radius 1 is 0.690 bits per heavy atom. The molecular weight excluding hydrogens is 540 g/mol. The first-order valence-electron chi connectivity index (χ1n) is 13.7. The molecule has 1 fully saturated rings. The highest BCUT2D eigenvalue weighted by atomic mass is 32.1. The molecule has 0 spiro atoms. The first-order chi connectivity index (χ1) is 20.4. The van der Waals surface area contributed by atoms with E-state index in [-0.39, 0.29) is 10.7 Å². The van der Waals surface area contributed by atoms with E-state index in [4.69, 9.17) is 17.0 Å². The lowest BCUT2D eigenvalue weighted by molar-refractivity contribution is -0.120. The molecule has 5 nitrogen and oxygen atoms in total. The van der Waals surface area contributed by atoms with Crippen molar-refractivity contribution < 1.29 is 14.3 Å². The lowest BCUT2D eigenvalue weighted by Crippen LogP contribution is -2.56. The molecule has 0 unspecified atom stereocenters. The molecule has 1 saturated heterocycles. The van der Waals surface area contributed by atoms with Gasteiger partial charge in [-0.25, -0.2) is 0 Å². The van der Waals surface area contributed by atoms with Crippen LogP contribution in [-0.4, -0.2) is 16.9 Å². The van der Waals surface area contributed by atoms with E-state index in [0.717, 1.165) is 16.3 Å². The third-order valence-electron chi connectivity index (χ3n) is 7.46. The molecular formula is C36H28N2O3S. The summed E-state index contributed by atoms with van der Waals surface area (Å²) in [6.45, 7) is 4.50. The first-order valence-corrected chi connectivity index (χ1v) is 14.1. The first kappa shape index (κ1) is 27.1. The molecule has 42 heavy (non-hydrogen) atoms. The minimum atomic E-state index is -0.489. The maximum absolute atomic E-state index is 14.1. The Balaban J connectivity index is 1.49. The average Bonchev–Trinajstić information content (AvgIpc) is 3.01. The fraction of sp³-hybridized carbons (Fsp3) is 0.0833. The van der Waals surface area contributed by atoms with Gasteiger partial charge in [-0.1, -0.05) is 84.9 Å². The number of para-hydroxylation sites is 2. The number of carbonyl (C=O) groups is 2. The van der Waals surface area contributed by atoms with Gasteiger partial charge in [0.05, 0.1) is 11.4 Å². The molecule has 6 heteroatoms. The van der Waals surface area contributed by atoms with Gasteiger partial charge < -0.3 is 4.74 Å². The lowest BCUT2D eigenvalue weighted by Gasteiger charge is -2.36. The van der Waals surface area contributed by atoms with Crippen molar-refractivity contribution in [2.24, 2.45) is 0 Å². The molecule has 206 valence electrons. The highest BCUT2D eigenvalue weighted by Gasteiger charge is 2.41. The number of rotatable bonds is 6. The van der Waals surface area contributed by atoms with Gasteiger partial charge in [-0.15, -0.1) is 0 Å². The summed E-state index contributed by atoms with van der Waals surface area (Å²) in [4.78, 5) is 31.0. The van der Waals surface area contributed by atoms with Crippen LogP contribution in [0.3, 0.4) is 0 Å². The fourth-order valence-corrected chi connectivity index (χ4v) is 5.46. The zero-order chi connectivity index (χ0) is 29.2. The van der Waals surface area contributed by atoms with Crippen molar-refractivity contribution in [2.75, 3.05) is 9.80 Å². The Bertz CT molecular complexity index is 1800. The predicted octanol–water partition coefficient (Wildman–Crippen LogP) is 7.78. The fourth-order valence-electron chi connectivity index (χ4n) is 5.09. The van der Waals surface area contributed by atoms with Gasteiger partial charge in [-0.2, -0.15) is 0 Å². The summed E-state index contributed by atoms with van der Waals surface area (Å²) in [5.41, 5.74) is 5.24. The lowest BCUT2D eigenvalue weighted by atomic mass is 9.99. The minimum absolute atomic E-state index is 0.0105. The topological polar surface area (TPSA) is 49.9 Å². The molecule has 2 amide bonds. The van der Waals surface area contributed by atoms with Crippen molar-refractivity contribution in [2.45, 2.75) is 20.5 Å². The molecule has 0 aromatic heterocycles. The maximum Gasteiger partial charge on any atom is 0.270 e. The molecule has 0 N–H and O–H groups in total. The van der Waals surface area contributed by atoms with Gasteiger partial charge in [0.15, 0.2) is 5.11 Å². The van der Waals surface area contributed by atoms with Gasteiger partial charge in [0.1, 0.15) is 17.9 Å². The van der Waals surface area contributed by atoms with Gasteiger partial charge >= 0.3 is 0 Å². The monoisotopic (exact) mass is 568 g/mol. The summed E-state index contributed by atoms with van der Waals surface area (Å²) in [5, 5.41) is 1.94. The SMILES string of the molecule is Cc1ccc(COc2ccc3ccccc3c2C=C2C(=O)N(c3ccccc3)C(=S)N(c3ccccc3)C2=O)cc1C. The Hall–Kier alpha value is -5.07. The Kier molecular flexibility index (Phi) is 7.38. The molecule has 0 bridgehead atoms. The highest BCUT2D eigenvalue weighted by Crippen LogP contribution is 2.34. The number of hydrogen-bond acceptors (Lipinski definition) is 4. The van der Waals surface area contributed by atoms with E-state index < -0.39 is 11.8 Å². The number of hydrogen-bond donors (Lipinski definition) is 0. The third kappa shape index (κ3) is 5.08. The molecule has 1 aliphatic rings. The Morgan fingerprint density at radius 3 is 1.90 bits per heavy atom. The number of benzene rings is 5. The standard InChI is InChI=1S/C36H28N2O3S/c1-24-17-18-26(21-25(24)2)23-41-33-20-19-27-11-9-10-16-30(27)31(33)22-32-34(39)37(28-12-5-3-6-13-28)36(42)38(35(32)40)29-14-7-4-8-15-29/h3-22H,23H2,1-2H3. The molecule has 1 aliphatic heterocycles. The predicted molar refractivity (Wildman–Crippen MR) is 173 cm³/mol. The van der Waals surface area contributed by atoms with Gasteiger partial charge in [0.25, 0.3) is 11.8 Å². The van der Waals surface area contributed by atoms with Crippen LogP contribution in [-0.2, 0) is 16.2 Å². The van der Waals surface area contributed by atoms with Gasteiger partial charge in [-0.05, 0) is 89.9 Å². The average molecular weight is 569 g/mol.